The van der Waals surface area contributed by atoms with E-state index in [2.05, 4.69) is 20.9 Å². The van der Waals surface area contributed by atoms with E-state index in [4.69, 9.17) is 0 Å². The minimum atomic E-state index is 0.209. The Morgan fingerprint density at radius 3 is 2.50 bits per heavy atom. The Kier molecular flexibility index (Phi) is 3.52. The molecule has 0 saturated carbocycles. The number of fused-ring (bicyclic) bond motifs is 1. The number of para-hydroxylation sites is 1. The maximum atomic E-state index is 10.1. The first-order valence-electron chi connectivity index (χ1n) is 6.25. The molecule has 0 radical (unpaired) electrons. The minimum absolute atomic E-state index is 0.209. The van der Waals surface area contributed by atoms with Gasteiger partial charge in [-0.15, -0.1) is 0 Å². The summed E-state index contributed by atoms with van der Waals surface area (Å²) in [5, 5.41) is 11.2. The number of hydrogen-bond donors (Lipinski definition) is 1. The highest BCUT2D eigenvalue weighted by atomic mass is 79.9. The van der Waals surface area contributed by atoms with Gasteiger partial charge in [0, 0.05) is 21.5 Å². The van der Waals surface area contributed by atoms with Crippen LogP contribution in [0.15, 0.2) is 65.1 Å². The summed E-state index contributed by atoms with van der Waals surface area (Å²) in [6.45, 7) is 0. The Morgan fingerprint density at radius 1 is 0.950 bits per heavy atom. The molecule has 0 aliphatic rings. The van der Waals surface area contributed by atoms with E-state index in [1.54, 1.807) is 6.08 Å². The van der Waals surface area contributed by atoms with Crippen LogP contribution in [0.2, 0.25) is 0 Å². The number of hydrogen-bond acceptors (Lipinski definition) is 2. The van der Waals surface area contributed by atoms with Crippen LogP contribution < -0.4 is 0 Å². The molecule has 1 heterocycles. The molecule has 0 bridgehead atoms. The molecular weight excluding hydrogens is 314 g/mol. The molecule has 98 valence electrons. The van der Waals surface area contributed by atoms with Crippen LogP contribution >= 0.6 is 15.9 Å². The van der Waals surface area contributed by atoms with Gasteiger partial charge in [0.05, 0.1) is 11.2 Å². The zero-order chi connectivity index (χ0) is 13.9. The molecular formula is C17H12BrNO. The van der Waals surface area contributed by atoms with E-state index in [0.29, 0.717) is 0 Å². The van der Waals surface area contributed by atoms with Crippen molar-refractivity contribution in [2.75, 3.05) is 0 Å². The van der Waals surface area contributed by atoms with Gasteiger partial charge in [-0.3, -0.25) is 0 Å². The Labute approximate surface area is 125 Å². The zero-order valence-corrected chi connectivity index (χ0v) is 12.2. The largest absolute Gasteiger partial charge is 0.507 e. The molecule has 1 N–H and O–H groups in total. The normalized spacial score (nSPS) is 11.8. The Hall–Kier alpha value is -2.13. The van der Waals surface area contributed by atoms with Crippen molar-refractivity contribution < 1.29 is 5.11 Å². The lowest BCUT2D eigenvalue weighted by Gasteiger charge is -2.02. The molecule has 2 aromatic carbocycles. The minimum Gasteiger partial charge on any atom is -0.507 e. The van der Waals surface area contributed by atoms with E-state index in [1.807, 2.05) is 60.7 Å². The highest BCUT2D eigenvalue weighted by Crippen LogP contribution is 2.19. The monoisotopic (exact) mass is 325 g/mol. The van der Waals surface area contributed by atoms with Gasteiger partial charge >= 0.3 is 0 Å². The predicted octanol–water partition coefficient (Wildman–Crippen LogP) is 5.05. The molecule has 3 rings (SSSR count). The number of nitrogens with zero attached hydrogens (tertiary/aromatic N) is 1. The predicted molar refractivity (Wildman–Crippen MR) is 86.4 cm³/mol. The van der Waals surface area contributed by atoms with Crippen molar-refractivity contribution in [3.63, 3.8) is 0 Å². The van der Waals surface area contributed by atoms with Crippen LogP contribution in [-0.2, 0) is 0 Å². The van der Waals surface area contributed by atoms with Gasteiger partial charge in [-0.25, -0.2) is 4.98 Å². The Bertz CT molecular complexity index is 778. The molecule has 0 fully saturated rings. The first-order valence-corrected chi connectivity index (χ1v) is 7.04. The Balaban J connectivity index is 1.98. The maximum absolute atomic E-state index is 10.1. The molecule has 0 atom stereocenters. The lowest BCUT2D eigenvalue weighted by atomic mass is 10.1. The second-order valence-electron chi connectivity index (χ2n) is 4.47. The van der Waals surface area contributed by atoms with Gasteiger partial charge < -0.3 is 5.11 Å². The number of aliphatic hydroxyl groups excluding tert-OH is 1. The van der Waals surface area contributed by atoms with Crippen molar-refractivity contribution in [1.82, 2.24) is 4.98 Å². The summed E-state index contributed by atoms with van der Waals surface area (Å²) >= 11 is 3.38. The van der Waals surface area contributed by atoms with Gasteiger partial charge in [-0.2, -0.15) is 0 Å². The smallest absolute Gasteiger partial charge is 0.124 e. The number of aromatic nitrogens is 1. The average molecular weight is 326 g/mol. The van der Waals surface area contributed by atoms with Crippen LogP contribution in [0, 0.1) is 0 Å². The van der Waals surface area contributed by atoms with E-state index in [1.165, 1.54) is 0 Å². The third-order valence-electron chi connectivity index (χ3n) is 3.04. The first kappa shape index (κ1) is 12.9. The third kappa shape index (κ3) is 2.73. The second-order valence-corrected chi connectivity index (χ2v) is 5.38. The Morgan fingerprint density at radius 2 is 1.70 bits per heavy atom. The molecule has 0 saturated heterocycles. The van der Waals surface area contributed by atoms with Gasteiger partial charge in [-0.1, -0.05) is 52.3 Å². The van der Waals surface area contributed by atoms with E-state index in [0.717, 1.165) is 26.6 Å². The fraction of sp³-hybridized carbons (Fsp3) is 0. The third-order valence-corrected chi connectivity index (χ3v) is 3.57. The molecule has 0 unspecified atom stereocenters. The van der Waals surface area contributed by atoms with Crippen molar-refractivity contribution in [2.24, 2.45) is 0 Å². The summed E-state index contributed by atoms with van der Waals surface area (Å²) in [7, 11) is 0. The van der Waals surface area contributed by atoms with Crippen molar-refractivity contribution in [2.45, 2.75) is 0 Å². The molecule has 2 nitrogen and oxygen atoms in total. The van der Waals surface area contributed by atoms with Gasteiger partial charge in [-0.05, 0) is 24.3 Å². The number of aliphatic hydroxyl groups is 1. The maximum Gasteiger partial charge on any atom is 0.124 e. The van der Waals surface area contributed by atoms with Gasteiger partial charge in [0.25, 0.3) is 0 Å². The summed E-state index contributed by atoms with van der Waals surface area (Å²) in [6, 6.07) is 19.3. The highest BCUT2D eigenvalue weighted by Gasteiger charge is 2.01. The van der Waals surface area contributed by atoms with Gasteiger partial charge in [0.15, 0.2) is 0 Å². The van der Waals surface area contributed by atoms with Crippen LogP contribution in [0.1, 0.15) is 11.3 Å². The lowest BCUT2D eigenvalue weighted by Crippen LogP contribution is -1.86. The van der Waals surface area contributed by atoms with Crippen molar-refractivity contribution in [3.05, 3.63) is 76.4 Å². The molecule has 0 aliphatic carbocycles. The topological polar surface area (TPSA) is 33.1 Å². The molecule has 20 heavy (non-hydrogen) atoms. The molecule has 1 aromatic heterocycles. The highest BCUT2D eigenvalue weighted by molar-refractivity contribution is 9.10. The van der Waals surface area contributed by atoms with Crippen molar-refractivity contribution >= 4 is 38.7 Å². The summed E-state index contributed by atoms with van der Waals surface area (Å²) in [6.07, 6.45) is 1.68. The van der Waals surface area contributed by atoms with E-state index < -0.39 is 0 Å². The molecule has 3 aromatic rings. The summed E-state index contributed by atoms with van der Waals surface area (Å²) in [5.74, 6) is 0.209. The van der Waals surface area contributed by atoms with Crippen molar-refractivity contribution in [1.29, 1.82) is 0 Å². The van der Waals surface area contributed by atoms with Crippen LogP contribution in [0.4, 0.5) is 0 Å². The number of benzene rings is 2. The van der Waals surface area contributed by atoms with Crippen LogP contribution in [0.25, 0.3) is 22.7 Å². The SMILES string of the molecule is O/C(=C\c1ccc2ccccc2n1)c1ccc(Br)cc1. The standard InChI is InChI=1S/C17H12BrNO/c18-14-8-5-13(6-9-14)17(20)11-15-10-7-12-3-1-2-4-16(12)19-15/h1-11,20H/b17-11-. The summed E-state index contributed by atoms with van der Waals surface area (Å²) in [4.78, 5) is 4.51. The molecule has 3 heteroatoms. The number of rotatable bonds is 2. The molecule has 0 aliphatic heterocycles. The molecule has 0 spiro atoms. The average Bonchev–Trinajstić information content (AvgIpc) is 2.48. The van der Waals surface area contributed by atoms with Crippen LogP contribution in [-0.4, -0.2) is 10.1 Å². The van der Waals surface area contributed by atoms with E-state index >= 15 is 0 Å². The number of pyridine rings is 1. The van der Waals surface area contributed by atoms with Crippen LogP contribution in [0.5, 0.6) is 0 Å². The van der Waals surface area contributed by atoms with Gasteiger partial charge in [0.1, 0.15) is 5.76 Å². The van der Waals surface area contributed by atoms with E-state index in [-0.39, 0.29) is 5.76 Å². The van der Waals surface area contributed by atoms with E-state index in [9.17, 15) is 5.11 Å². The summed E-state index contributed by atoms with van der Waals surface area (Å²) in [5.41, 5.74) is 2.43. The fourth-order valence-electron chi connectivity index (χ4n) is 2.01. The van der Waals surface area contributed by atoms with Crippen LogP contribution in [0.3, 0.4) is 0 Å². The van der Waals surface area contributed by atoms with Gasteiger partial charge in [0.2, 0.25) is 0 Å². The fourth-order valence-corrected chi connectivity index (χ4v) is 2.27. The van der Waals surface area contributed by atoms with Crippen molar-refractivity contribution in [3.8, 4) is 0 Å². The molecule has 0 amide bonds. The summed E-state index contributed by atoms with van der Waals surface area (Å²) < 4.78 is 0.984. The zero-order valence-electron chi connectivity index (χ0n) is 10.6. The quantitative estimate of drug-likeness (QED) is 0.668. The second kappa shape index (κ2) is 5.47. The number of halogens is 1. The lowest BCUT2D eigenvalue weighted by molar-refractivity contribution is 0.515. The first-order chi connectivity index (χ1) is 9.72.